The largest absolute Gasteiger partial charge is 0.527 e. The fourth-order valence-corrected chi connectivity index (χ4v) is 4.12. The molecule has 0 radical (unpaired) electrons. The highest BCUT2D eigenvalue weighted by Gasteiger charge is 2.49. The van der Waals surface area contributed by atoms with Crippen LogP contribution in [0.3, 0.4) is 0 Å². The van der Waals surface area contributed by atoms with E-state index >= 15 is 0 Å². The second kappa shape index (κ2) is 10.4. The van der Waals surface area contributed by atoms with E-state index in [9.17, 15) is 30.7 Å². The Kier molecular flexibility index (Phi) is 7.41. The molecule has 4 rings (SSSR count). The lowest BCUT2D eigenvalue weighted by atomic mass is 9.96. The van der Waals surface area contributed by atoms with Crippen LogP contribution in [-0.4, -0.2) is 6.36 Å². The molecule has 0 aliphatic heterocycles. The zero-order valence-corrected chi connectivity index (χ0v) is 19.6. The van der Waals surface area contributed by atoms with E-state index in [0.717, 1.165) is 34.7 Å². The van der Waals surface area contributed by atoms with Crippen molar-refractivity contribution in [2.45, 2.75) is 32.2 Å². The van der Waals surface area contributed by atoms with Gasteiger partial charge in [-0.05, 0) is 76.6 Å². The average molecular weight is 518 g/mol. The van der Waals surface area contributed by atoms with E-state index in [0.29, 0.717) is 17.7 Å². The first-order valence-electron chi connectivity index (χ1n) is 11.4. The second-order valence-corrected chi connectivity index (χ2v) is 8.46. The highest BCUT2D eigenvalue weighted by atomic mass is 19.4. The van der Waals surface area contributed by atoms with Crippen LogP contribution in [0, 0.1) is 11.6 Å². The molecule has 0 aromatic heterocycles. The summed E-state index contributed by atoms with van der Waals surface area (Å²) >= 11 is 0. The number of allylic oxidation sites excluding steroid dienone is 2. The van der Waals surface area contributed by atoms with Gasteiger partial charge in [-0.2, -0.15) is 8.78 Å². The number of rotatable bonds is 7. The quantitative estimate of drug-likeness (QED) is 0.175. The summed E-state index contributed by atoms with van der Waals surface area (Å²) in [4.78, 5) is 0. The van der Waals surface area contributed by atoms with E-state index in [1.54, 1.807) is 24.3 Å². The van der Waals surface area contributed by atoms with Crippen molar-refractivity contribution in [1.82, 2.24) is 0 Å². The van der Waals surface area contributed by atoms with Gasteiger partial charge in [0.05, 0.1) is 0 Å². The van der Waals surface area contributed by atoms with Crippen LogP contribution in [0.1, 0.15) is 24.5 Å². The lowest BCUT2D eigenvalue weighted by Gasteiger charge is -2.20. The number of hydrogen-bond donors (Lipinski definition) is 0. The summed E-state index contributed by atoms with van der Waals surface area (Å²) in [5.74, 6) is -3.71. The van der Waals surface area contributed by atoms with Crippen LogP contribution < -0.4 is 0 Å². The third-order valence-electron chi connectivity index (χ3n) is 5.87. The first kappa shape index (κ1) is 26.4. The molecular weight excluding hydrogens is 497 g/mol. The molecular formula is C29H21F7O. The number of benzene rings is 4. The van der Waals surface area contributed by atoms with Gasteiger partial charge in [-0.15, -0.1) is 13.2 Å². The zero-order chi connectivity index (χ0) is 26.8. The number of halogens is 7. The SMILES string of the molecule is C/C=C/CCc1ccc2cc(-c3ccc(-c4cc(F)c(C(F)(F)OC(F)(F)F)c(F)c4)cc3)ccc2c1. The molecule has 0 aliphatic carbocycles. The Hall–Kier alpha value is -3.65. The minimum Gasteiger partial charge on any atom is -0.222 e. The summed E-state index contributed by atoms with van der Waals surface area (Å²) in [5, 5.41) is 2.13. The lowest BCUT2D eigenvalue weighted by Crippen LogP contribution is -2.29. The number of aryl methyl sites for hydroxylation is 1. The number of alkyl halides is 5. The monoisotopic (exact) mass is 518 g/mol. The molecule has 0 aliphatic rings. The summed E-state index contributed by atoms with van der Waals surface area (Å²) in [6.07, 6.45) is -4.96. The molecule has 0 saturated heterocycles. The molecule has 4 aromatic rings. The molecule has 0 heterocycles. The molecule has 8 heteroatoms. The maximum atomic E-state index is 14.3. The van der Waals surface area contributed by atoms with E-state index in [-0.39, 0.29) is 5.56 Å². The van der Waals surface area contributed by atoms with Gasteiger partial charge < -0.3 is 0 Å². The van der Waals surface area contributed by atoms with E-state index in [2.05, 4.69) is 22.9 Å². The highest BCUT2D eigenvalue weighted by molar-refractivity contribution is 5.88. The Morgan fingerprint density at radius 1 is 0.676 bits per heavy atom. The van der Waals surface area contributed by atoms with Gasteiger partial charge in [0, 0.05) is 0 Å². The molecule has 0 bridgehead atoms. The normalized spacial score (nSPS) is 12.5. The smallest absolute Gasteiger partial charge is 0.222 e. The van der Waals surface area contributed by atoms with E-state index in [4.69, 9.17) is 0 Å². The average Bonchev–Trinajstić information content (AvgIpc) is 2.82. The van der Waals surface area contributed by atoms with Crippen LogP contribution in [0.4, 0.5) is 30.7 Å². The van der Waals surface area contributed by atoms with Gasteiger partial charge in [0.2, 0.25) is 0 Å². The van der Waals surface area contributed by atoms with Crippen molar-refractivity contribution in [3.05, 3.63) is 108 Å². The Labute approximate surface area is 208 Å². The fourth-order valence-electron chi connectivity index (χ4n) is 4.12. The van der Waals surface area contributed by atoms with Gasteiger partial charge in [0.25, 0.3) is 0 Å². The Morgan fingerprint density at radius 2 is 1.22 bits per heavy atom. The van der Waals surface area contributed by atoms with Crippen LogP contribution in [0.2, 0.25) is 0 Å². The Balaban J connectivity index is 1.58. The molecule has 0 spiro atoms. The molecule has 0 atom stereocenters. The minimum absolute atomic E-state index is 0.114. The van der Waals surface area contributed by atoms with Gasteiger partial charge in [0.15, 0.2) is 0 Å². The van der Waals surface area contributed by atoms with E-state index < -0.39 is 29.7 Å². The standard InChI is InChI=1S/C29H21F7O/c1-2-3-4-5-18-6-7-23-15-22(13-12-21(23)14-18)19-8-10-20(11-9-19)24-16-25(30)27(26(31)17-24)28(32,33)37-29(34,35)36/h2-3,6-17H,4-5H2,1H3/b3-2+. The first-order valence-corrected chi connectivity index (χ1v) is 11.4. The van der Waals surface area contributed by atoms with Crippen molar-refractivity contribution in [2.75, 3.05) is 0 Å². The molecule has 192 valence electrons. The van der Waals surface area contributed by atoms with Crippen molar-refractivity contribution in [3.8, 4) is 22.3 Å². The van der Waals surface area contributed by atoms with Crippen molar-refractivity contribution >= 4 is 10.8 Å². The van der Waals surface area contributed by atoms with Crippen LogP contribution in [0.5, 0.6) is 0 Å². The summed E-state index contributed by atoms with van der Waals surface area (Å²) in [6.45, 7) is 1.99. The van der Waals surface area contributed by atoms with Crippen LogP contribution in [-0.2, 0) is 17.3 Å². The number of ether oxygens (including phenoxy) is 1. The van der Waals surface area contributed by atoms with Crippen molar-refractivity contribution in [1.29, 1.82) is 0 Å². The minimum atomic E-state index is -5.78. The molecule has 37 heavy (non-hydrogen) atoms. The summed E-state index contributed by atoms with van der Waals surface area (Å²) in [6, 6.07) is 19.8. The first-order chi connectivity index (χ1) is 17.5. The third kappa shape index (κ3) is 6.20. The van der Waals surface area contributed by atoms with E-state index in [1.165, 1.54) is 5.56 Å². The summed E-state index contributed by atoms with van der Waals surface area (Å²) in [7, 11) is 0. The molecule has 4 aromatic carbocycles. The second-order valence-electron chi connectivity index (χ2n) is 8.46. The number of hydrogen-bond acceptors (Lipinski definition) is 1. The molecule has 0 unspecified atom stereocenters. The fraction of sp³-hybridized carbons (Fsp3) is 0.172. The van der Waals surface area contributed by atoms with Gasteiger partial charge in [0.1, 0.15) is 17.2 Å². The maximum absolute atomic E-state index is 14.3. The predicted molar refractivity (Wildman–Crippen MR) is 129 cm³/mol. The van der Waals surface area contributed by atoms with Gasteiger partial charge in [-0.1, -0.05) is 66.7 Å². The zero-order valence-electron chi connectivity index (χ0n) is 19.6. The van der Waals surface area contributed by atoms with Crippen molar-refractivity contribution in [2.24, 2.45) is 0 Å². The molecule has 0 saturated carbocycles. The van der Waals surface area contributed by atoms with Crippen LogP contribution >= 0.6 is 0 Å². The Morgan fingerprint density at radius 3 is 1.81 bits per heavy atom. The van der Waals surface area contributed by atoms with Crippen LogP contribution in [0.25, 0.3) is 33.0 Å². The summed E-state index contributed by atoms with van der Waals surface area (Å²) in [5.41, 5.74) is 1.02. The van der Waals surface area contributed by atoms with E-state index in [1.807, 2.05) is 37.3 Å². The molecule has 1 nitrogen and oxygen atoms in total. The Bertz CT molecular complexity index is 1410. The highest BCUT2D eigenvalue weighted by Crippen LogP contribution is 2.40. The maximum Gasteiger partial charge on any atom is 0.527 e. The predicted octanol–water partition coefficient (Wildman–Crippen LogP) is 9.55. The van der Waals surface area contributed by atoms with Gasteiger partial charge in [-0.3, -0.25) is 0 Å². The summed E-state index contributed by atoms with van der Waals surface area (Å²) < 4.78 is 95.4. The number of fused-ring (bicyclic) bond motifs is 1. The topological polar surface area (TPSA) is 9.23 Å². The van der Waals surface area contributed by atoms with Crippen molar-refractivity contribution < 1.29 is 35.5 Å². The lowest BCUT2D eigenvalue weighted by molar-refractivity contribution is -0.432. The van der Waals surface area contributed by atoms with Gasteiger partial charge >= 0.3 is 12.5 Å². The van der Waals surface area contributed by atoms with Crippen molar-refractivity contribution in [3.63, 3.8) is 0 Å². The molecule has 0 fully saturated rings. The van der Waals surface area contributed by atoms with Gasteiger partial charge in [-0.25, -0.2) is 13.5 Å². The van der Waals surface area contributed by atoms with Crippen LogP contribution in [0.15, 0.2) is 84.9 Å². The molecule has 0 amide bonds. The third-order valence-corrected chi connectivity index (χ3v) is 5.87. The molecule has 0 N–H and O–H groups in total.